The van der Waals surface area contributed by atoms with Gasteiger partial charge in [-0.3, -0.25) is 9.69 Å². The number of β-lactam (4-membered cyclic amide) rings is 1. The lowest BCUT2D eigenvalue weighted by Crippen LogP contribution is -2.63. The maximum absolute atomic E-state index is 12.5. The van der Waals surface area contributed by atoms with Gasteiger partial charge in [0.2, 0.25) is 11.8 Å². The first-order valence-corrected chi connectivity index (χ1v) is 11.1. The van der Waals surface area contributed by atoms with Gasteiger partial charge in [0.05, 0.1) is 29.1 Å². The molecular weight excluding hydrogens is 482 g/mol. The van der Waals surface area contributed by atoms with Gasteiger partial charge in [-0.2, -0.15) is 0 Å². The quantitative estimate of drug-likeness (QED) is 0.195. The van der Waals surface area contributed by atoms with E-state index >= 15 is 0 Å². The highest BCUT2D eigenvalue weighted by Gasteiger charge is 2.60. The van der Waals surface area contributed by atoms with Crippen LogP contribution in [0.25, 0.3) is 0 Å². The fourth-order valence-electron chi connectivity index (χ4n) is 5.16. The summed E-state index contributed by atoms with van der Waals surface area (Å²) in [4.78, 5) is 25.8. The van der Waals surface area contributed by atoms with Crippen LogP contribution in [0.2, 0.25) is 0 Å². The largest absolute Gasteiger partial charge is 0.512 e. The maximum Gasteiger partial charge on any atom is 0.512 e. The Bertz CT molecular complexity index is 723. The molecule has 33 heavy (non-hydrogen) atoms. The molecule has 0 radical (unpaired) electrons. The predicted molar refractivity (Wildman–Crippen MR) is 124 cm³/mol. The summed E-state index contributed by atoms with van der Waals surface area (Å²) in [5.74, 6) is -0.615. The van der Waals surface area contributed by atoms with Gasteiger partial charge < -0.3 is 47.1 Å². The first kappa shape index (κ1) is 31.8. The summed E-state index contributed by atoms with van der Waals surface area (Å²) in [5.41, 5.74) is 0. The summed E-state index contributed by atoms with van der Waals surface area (Å²) in [5, 5.41) is 36.6. The Balaban J connectivity index is 0.00000256. The number of aliphatic hydroxyl groups is 2. The molecule has 0 aromatic carbocycles. The molecule has 0 saturated carbocycles. The second kappa shape index (κ2) is 12.5. The van der Waals surface area contributed by atoms with Crippen LogP contribution in [0.5, 0.6) is 0 Å². The summed E-state index contributed by atoms with van der Waals surface area (Å²) in [7, 11) is 0. The van der Waals surface area contributed by atoms with Gasteiger partial charge in [-0.1, -0.05) is 6.92 Å². The van der Waals surface area contributed by atoms with Crippen molar-refractivity contribution in [2.24, 2.45) is 17.8 Å². The molecule has 0 aliphatic carbocycles. The van der Waals surface area contributed by atoms with Crippen molar-refractivity contribution in [2.45, 2.75) is 56.2 Å². The molecule has 0 bridgehead atoms. The number of halogens is 1. The minimum atomic E-state index is -1.45. The SMILES string of the molecule is C[C@@H](O)[C@H]1C(=O)N2C(OC(=O)O)=C(S[C@@H]3CN[C@H]([C@H](O)[C@@H]4CCNC4)C3)[C@H](C)[C@H]12.Cl.O.O.O. The molecule has 194 valence electrons. The molecule has 4 aliphatic heterocycles. The number of carbonyl (C=O) groups is 2. The van der Waals surface area contributed by atoms with E-state index in [2.05, 4.69) is 10.6 Å². The topological polar surface area (TPSA) is 226 Å². The van der Waals surface area contributed by atoms with E-state index in [0.717, 1.165) is 30.8 Å². The Morgan fingerprint density at radius 3 is 2.45 bits per heavy atom. The van der Waals surface area contributed by atoms with Gasteiger partial charge >= 0.3 is 6.16 Å². The summed E-state index contributed by atoms with van der Waals surface area (Å²) in [6, 6.07) is -0.276. The average molecular weight is 518 g/mol. The number of hydrogen-bond acceptors (Lipinski definition) is 8. The molecule has 4 aliphatic rings. The smallest absolute Gasteiger partial charge is 0.449 e. The van der Waals surface area contributed by atoms with E-state index in [9.17, 15) is 19.8 Å². The maximum atomic E-state index is 12.5. The lowest BCUT2D eigenvalue weighted by atomic mass is 9.79. The molecule has 4 heterocycles. The van der Waals surface area contributed by atoms with Crippen LogP contribution in [0.4, 0.5) is 4.79 Å². The van der Waals surface area contributed by atoms with Gasteiger partial charge in [0.1, 0.15) is 0 Å². The first-order valence-electron chi connectivity index (χ1n) is 10.2. The number of ether oxygens (including phenoxy) is 1. The molecule has 14 heteroatoms. The van der Waals surface area contributed by atoms with Crippen molar-refractivity contribution < 1.29 is 46.1 Å². The van der Waals surface area contributed by atoms with Gasteiger partial charge in [-0.05, 0) is 26.3 Å². The number of nitrogens with zero attached hydrogens (tertiary/aromatic N) is 1. The lowest BCUT2D eigenvalue weighted by molar-refractivity contribution is -0.163. The second-order valence-corrected chi connectivity index (χ2v) is 9.87. The van der Waals surface area contributed by atoms with Gasteiger partial charge in [0.25, 0.3) is 0 Å². The molecule has 0 unspecified atom stereocenters. The molecule has 4 rings (SSSR count). The Morgan fingerprint density at radius 2 is 1.91 bits per heavy atom. The zero-order valence-corrected chi connectivity index (χ0v) is 20.1. The standard InChI is InChI=1S/C19H29N3O6S.ClH.3H2O/c1-8-14-13(9(2)23)17(25)22(14)18(28-19(26)27)16(8)29-11-5-12(21-7-11)15(24)10-3-4-20-6-10;;;;/h8-15,20-21,23-24H,3-7H2,1-2H3,(H,26,27);1H;3*1H2/t8-,9-,10-,11+,12+,13-,14-,15-;;;;/m1..../s1. The number of amides is 1. The fourth-order valence-corrected chi connectivity index (χ4v) is 6.60. The van der Waals surface area contributed by atoms with Crippen LogP contribution in [0, 0.1) is 17.8 Å². The van der Waals surface area contributed by atoms with Crippen molar-refractivity contribution in [3.05, 3.63) is 10.8 Å². The minimum Gasteiger partial charge on any atom is -0.449 e. The summed E-state index contributed by atoms with van der Waals surface area (Å²) in [6.07, 6.45) is -0.936. The second-order valence-electron chi connectivity index (χ2n) is 8.53. The molecule has 0 aromatic heterocycles. The third-order valence-electron chi connectivity index (χ3n) is 6.66. The van der Waals surface area contributed by atoms with E-state index < -0.39 is 24.3 Å². The average Bonchev–Trinajstić information content (AvgIpc) is 3.36. The summed E-state index contributed by atoms with van der Waals surface area (Å²) in [6.45, 7) is 5.98. The van der Waals surface area contributed by atoms with E-state index in [1.54, 1.807) is 6.92 Å². The monoisotopic (exact) mass is 517 g/mol. The minimum absolute atomic E-state index is 0. The van der Waals surface area contributed by atoms with Crippen LogP contribution in [0.3, 0.4) is 0 Å². The number of fused-ring (bicyclic) bond motifs is 1. The number of carboxylic acid groups (broad SMARTS) is 1. The van der Waals surface area contributed by atoms with Crippen LogP contribution in [0.1, 0.15) is 26.7 Å². The fraction of sp³-hybridized carbons (Fsp3) is 0.789. The zero-order chi connectivity index (χ0) is 20.9. The Morgan fingerprint density at radius 1 is 1.24 bits per heavy atom. The Labute approximate surface area is 202 Å². The van der Waals surface area contributed by atoms with Crippen molar-refractivity contribution in [1.29, 1.82) is 0 Å². The Kier molecular flexibility index (Phi) is 12.1. The number of aliphatic hydroxyl groups excluding tert-OH is 2. The molecule has 3 fully saturated rings. The van der Waals surface area contributed by atoms with Crippen molar-refractivity contribution in [1.82, 2.24) is 15.5 Å². The van der Waals surface area contributed by atoms with Crippen LogP contribution < -0.4 is 10.6 Å². The van der Waals surface area contributed by atoms with Crippen molar-refractivity contribution >= 4 is 36.2 Å². The van der Waals surface area contributed by atoms with Gasteiger partial charge in [-0.15, -0.1) is 24.2 Å². The van der Waals surface area contributed by atoms with Crippen LogP contribution >= 0.6 is 24.2 Å². The van der Waals surface area contributed by atoms with Crippen molar-refractivity contribution in [2.75, 3.05) is 19.6 Å². The van der Waals surface area contributed by atoms with Crippen molar-refractivity contribution in [3.63, 3.8) is 0 Å². The molecule has 0 spiro atoms. The molecule has 1 amide bonds. The third kappa shape index (κ3) is 5.74. The molecule has 11 N–H and O–H groups in total. The Hall–Kier alpha value is -1.16. The molecule has 12 nitrogen and oxygen atoms in total. The summed E-state index contributed by atoms with van der Waals surface area (Å²) >= 11 is 1.53. The number of rotatable bonds is 6. The van der Waals surface area contributed by atoms with Crippen molar-refractivity contribution in [3.8, 4) is 0 Å². The number of nitrogens with one attached hydrogen (secondary N) is 2. The van der Waals surface area contributed by atoms with E-state index in [4.69, 9.17) is 9.84 Å². The third-order valence-corrected chi connectivity index (χ3v) is 8.15. The first-order chi connectivity index (χ1) is 13.8. The van der Waals surface area contributed by atoms with E-state index in [1.807, 2.05) is 6.92 Å². The molecular formula is C19H36ClN3O9S. The highest BCUT2D eigenvalue weighted by Crippen LogP contribution is 2.52. The highest BCUT2D eigenvalue weighted by atomic mass is 35.5. The lowest BCUT2D eigenvalue weighted by Gasteiger charge is -2.45. The van der Waals surface area contributed by atoms with Crippen LogP contribution in [0.15, 0.2) is 10.8 Å². The predicted octanol–water partition coefficient (Wildman–Crippen LogP) is -1.91. The van der Waals surface area contributed by atoms with Crippen LogP contribution in [-0.2, 0) is 9.53 Å². The van der Waals surface area contributed by atoms with Gasteiger partial charge in [-0.25, -0.2) is 4.79 Å². The molecule has 0 aromatic rings. The molecule has 8 atom stereocenters. The zero-order valence-electron chi connectivity index (χ0n) is 18.5. The van der Waals surface area contributed by atoms with E-state index in [0.29, 0.717) is 6.54 Å². The highest BCUT2D eigenvalue weighted by molar-refractivity contribution is 8.03. The summed E-state index contributed by atoms with van der Waals surface area (Å²) < 4.78 is 5.01. The van der Waals surface area contributed by atoms with Gasteiger partial charge in [0, 0.05) is 36.2 Å². The van der Waals surface area contributed by atoms with Crippen LogP contribution in [-0.4, -0.2) is 97.9 Å². The number of thioether (sulfide) groups is 1. The number of hydrogen-bond donors (Lipinski definition) is 5. The number of carbonyl (C=O) groups excluding carboxylic acids is 1. The van der Waals surface area contributed by atoms with E-state index in [-0.39, 0.29) is 69.8 Å². The molecule has 3 saturated heterocycles. The normalized spacial score (nSPS) is 34.1. The van der Waals surface area contributed by atoms with E-state index in [1.165, 1.54) is 16.7 Å². The van der Waals surface area contributed by atoms with Gasteiger partial charge in [0.15, 0.2) is 0 Å².